The summed E-state index contributed by atoms with van der Waals surface area (Å²) in [6.07, 6.45) is 1.94. The van der Waals surface area contributed by atoms with E-state index >= 15 is 0 Å². The van der Waals surface area contributed by atoms with E-state index < -0.39 is 0 Å². The zero-order valence-corrected chi connectivity index (χ0v) is 14.6. The molecule has 5 heteroatoms. The molecule has 0 fully saturated rings. The first-order valence-corrected chi connectivity index (χ1v) is 8.62. The highest BCUT2D eigenvalue weighted by Crippen LogP contribution is 2.26. The highest BCUT2D eigenvalue weighted by molar-refractivity contribution is 6.06. The fourth-order valence-electron chi connectivity index (χ4n) is 2.84. The Bertz CT molecular complexity index is 782. The lowest BCUT2D eigenvalue weighted by atomic mass is 9.97. The fraction of sp³-hybridized carbons (Fsp3) is 0.300. The van der Waals surface area contributed by atoms with Crippen LogP contribution in [0, 0.1) is 5.92 Å². The van der Waals surface area contributed by atoms with Crippen molar-refractivity contribution in [3.05, 3.63) is 53.6 Å². The van der Waals surface area contributed by atoms with E-state index in [1.165, 1.54) is 0 Å². The molecule has 0 unspecified atom stereocenters. The third kappa shape index (κ3) is 3.99. The second kappa shape index (κ2) is 7.38. The van der Waals surface area contributed by atoms with Crippen LogP contribution in [0.15, 0.2) is 42.5 Å². The number of hydrogen-bond acceptors (Lipinski definition) is 3. The van der Waals surface area contributed by atoms with E-state index in [0.717, 1.165) is 36.3 Å². The van der Waals surface area contributed by atoms with Gasteiger partial charge in [0.25, 0.3) is 5.91 Å². The summed E-state index contributed by atoms with van der Waals surface area (Å²) < 4.78 is 0. The number of amides is 2. The SMILES string of the molecule is CC(C)C(=O)Nc1ccc(NC(=O)c2cccc3c2CCCN3)cc1. The summed E-state index contributed by atoms with van der Waals surface area (Å²) in [5.41, 5.74) is 4.26. The molecule has 0 aromatic heterocycles. The molecule has 25 heavy (non-hydrogen) atoms. The highest BCUT2D eigenvalue weighted by Gasteiger charge is 2.17. The number of carbonyl (C=O) groups excluding carboxylic acids is 2. The standard InChI is InChI=1S/C20H23N3O2/c1-13(2)19(24)22-14-8-10-15(11-9-14)23-20(25)17-5-3-7-18-16(17)6-4-12-21-18/h3,5,7-11,13,21H,4,6,12H2,1-2H3,(H,22,24)(H,23,25). The van der Waals surface area contributed by atoms with Crippen LogP contribution < -0.4 is 16.0 Å². The van der Waals surface area contributed by atoms with Crippen molar-refractivity contribution >= 4 is 28.9 Å². The summed E-state index contributed by atoms with van der Waals surface area (Å²) in [4.78, 5) is 24.3. The van der Waals surface area contributed by atoms with Crippen molar-refractivity contribution in [3.8, 4) is 0 Å². The Morgan fingerprint density at radius 3 is 2.36 bits per heavy atom. The predicted octanol–water partition coefficient (Wildman–Crippen LogP) is 3.89. The molecule has 0 bridgehead atoms. The second-order valence-electron chi connectivity index (χ2n) is 6.54. The molecular formula is C20H23N3O2. The third-order valence-electron chi connectivity index (χ3n) is 4.27. The largest absolute Gasteiger partial charge is 0.385 e. The van der Waals surface area contributed by atoms with E-state index in [1.54, 1.807) is 24.3 Å². The van der Waals surface area contributed by atoms with Crippen LogP contribution in [-0.4, -0.2) is 18.4 Å². The minimum atomic E-state index is -0.112. The minimum absolute atomic E-state index is 0.0276. The van der Waals surface area contributed by atoms with Crippen molar-refractivity contribution < 1.29 is 9.59 Å². The summed E-state index contributed by atoms with van der Waals surface area (Å²) in [5, 5.41) is 9.10. The summed E-state index contributed by atoms with van der Waals surface area (Å²) in [5.74, 6) is -0.211. The van der Waals surface area contributed by atoms with Crippen LogP contribution in [0.3, 0.4) is 0 Å². The van der Waals surface area contributed by atoms with E-state index in [1.807, 2.05) is 32.0 Å². The normalized spacial score (nSPS) is 12.9. The van der Waals surface area contributed by atoms with E-state index in [4.69, 9.17) is 0 Å². The number of rotatable bonds is 4. The van der Waals surface area contributed by atoms with Gasteiger partial charge in [0.05, 0.1) is 0 Å². The molecule has 0 spiro atoms. The van der Waals surface area contributed by atoms with Gasteiger partial charge in [-0.3, -0.25) is 9.59 Å². The second-order valence-corrected chi connectivity index (χ2v) is 6.54. The van der Waals surface area contributed by atoms with Gasteiger partial charge in [-0.05, 0) is 54.8 Å². The van der Waals surface area contributed by atoms with Crippen molar-refractivity contribution in [2.75, 3.05) is 22.5 Å². The summed E-state index contributed by atoms with van der Waals surface area (Å²) in [7, 11) is 0. The van der Waals surface area contributed by atoms with Crippen molar-refractivity contribution in [1.29, 1.82) is 0 Å². The molecule has 0 saturated carbocycles. The maximum atomic E-state index is 12.6. The molecule has 1 aliphatic heterocycles. The van der Waals surface area contributed by atoms with Gasteiger partial charge in [-0.25, -0.2) is 0 Å². The van der Waals surface area contributed by atoms with E-state index in [-0.39, 0.29) is 17.7 Å². The van der Waals surface area contributed by atoms with Gasteiger partial charge in [0.2, 0.25) is 5.91 Å². The zero-order chi connectivity index (χ0) is 17.8. The number of benzene rings is 2. The minimum Gasteiger partial charge on any atom is -0.385 e. The number of nitrogens with one attached hydrogen (secondary N) is 3. The first-order valence-electron chi connectivity index (χ1n) is 8.62. The van der Waals surface area contributed by atoms with Gasteiger partial charge in [0, 0.05) is 35.1 Å². The molecule has 2 aromatic rings. The molecule has 0 radical (unpaired) electrons. The first-order chi connectivity index (χ1) is 12.0. The van der Waals surface area contributed by atoms with Crippen molar-refractivity contribution in [2.24, 2.45) is 5.92 Å². The quantitative estimate of drug-likeness (QED) is 0.792. The van der Waals surface area contributed by atoms with Crippen LogP contribution >= 0.6 is 0 Å². The Hall–Kier alpha value is -2.82. The lowest BCUT2D eigenvalue weighted by Gasteiger charge is -2.20. The van der Waals surface area contributed by atoms with Gasteiger partial charge < -0.3 is 16.0 Å². The molecule has 3 rings (SSSR count). The predicted molar refractivity (Wildman–Crippen MR) is 101 cm³/mol. The Morgan fingerprint density at radius 1 is 1.00 bits per heavy atom. The number of carbonyl (C=O) groups is 2. The number of anilines is 3. The molecular weight excluding hydrogens is 314 g/mol. The Labute approximate surface area is 147 Å². The van der Waals surface area contributed by atoms with Crippen LogP contribution in [0.2, 0.25) is 0 Å². The van der Waals surface area contributed by atoms with E-state index in [9.17, 15) is 9.59 Å². The maximum Gasteiger partial charge on any atom is 0.256 e. The van der Waals surface area contributed by atoms with Crippen LogP contribution in [0.5, 0.6) is 0 Å². The van der Waals surface area contributed by atoms with E-state index in [0.29, 0.717) is 11.3 Å². The summed E-state index contributed by atoms with van der Waals surface area (Å²) in [6.45, 7) is 4.64. The number of hydrogen-bond donors (Lipinski definition) is 3. The monoisotopic (exact) mass is 337 g/mol. The van der Waals surface area contributed by atoms with Crippen LogP contribution in [-0.2, 0) is 11.2 Å². The van der Waals surface area contributed by atoms with Gasteiger partial charge in [0.1, 0.15) is 0 Å². The average molecular weight is 337 g/mol. The average Bonchev–Trinajstić information content (AvgIpc) is 2.62. The fourth-order valence-corrected chi connectivity index (χ4v) is 2.84. The Kier molecular flexibility index (Phi) is 5.03. The topological polar surface area (TPSA) is 70.2 Å². The van der Waals surface area contributed by atoms with Crippen molar-refractivity contribution in [3.63, 3.8) is 0 Å². The molecule has 0 atom stereocenters. The van der Waals surface area contributed by atoms with Crippen molar-refractivity contribution in [1.82, 2.24) is 0 Å². The molecule has 1 aliphatic rings. The van der Waals surface area contributed by atoms with Gasteiger partial charge in [0.15, 0.2) is 0 Å². The Morgan fingerprint density at radius 2 is 1.68 bits per heavy atom. The van der Waals surface area contributed by atoms with Gasteiger partial charge in [-0.2, -0.15) is 0 Å². The smallest absolute Gasteiger partial charge is 0.256 e. The Balaban J connectivity index is 1.70. The van der Waals surface area contributed by atoms with Crippen molar-refractivity contribution in [2.45, 2.75) is 26.7 Å². The van der Waals surface area contributed by atoms with Gasteiger partial charge >= 0.3 is 0 Å². The summed E-state index contributed by atoms with van der Waals surface area (Å²) >= 11 is 0. The highest BCUT2D eigenvalue weighted by atomic mass is 16.2. The van der Waals surface area contributed by atoms with Crippen LogP contribution in [0.1, 0.15) is 36.2 Å². The maximum absolute atomic E-state index is 12.6. The van der Waals surface area contributed by atoms with Crippen LogP contribution in [0.25, 0.3) is 0 Å². The molecule has 1 heterocycles. The number of fused-ring (bicyclic) bond motifs is 1. The molecule has 2 aromatic carbocycles. The third-order valence-corrected chi connectivity index (χ3v) is 4.27. The summed E-state index contributed by atoms with van der Waals surface area (Å²) in [6, 6.07) is 12.9. The molecule has 130 valence electrons. The first kappa shape index (κ1) is 17.0. The zero-order valence-electron chi connectivity index (χ0n) is 14.6. The lowest BCUT2D eigenvalue weighted by molar-refractivity contribution is -0.118. The molecule has 2 amide bonds. The van der Waals surface area contributed by atoms with Gasteiger partial charge in [-0.1, -0.05) is 19.9 Å². The van der Waals surface area contributed by atoms with Gasteiger partial charge in [-0.15, -0.1) is 0 Å². The molecule has 3 N–H and O–H groups in total. The van der Waals surface area contributed by atoms with Crippen LogP contribution in [0.4, 0.5) is 17.1 Å². The lowest BCUT2D eigenvalue weighted by Crippen LogP contribution is -2.19. The molecule has 0 saturated heterocycles. The van der Waals surface area contributed by atoms with E-state index in [2.05, 4.69) is 16.0 Å². The molecule has 5 nitrogen and oxygen atoms in total. The molecule has 0 aliphatic carbocycles.